The van der Waals surface area contributed by atoms with Crippen LogP contribution in [0.4, 0.5) is 0 Å². The van der Waals surface area contributed by atoms with Gasteiger partial charge in [-0.15, -0.1) is 0 Å². The molecule has 0 radical (unpaired) electrons. The van der Waals surface area contributed by atoms with Crippen LogP contribution in [-0.2, 0) is 34.6 Å². The summed E-state index contributed by atoms with van der Waals surface area (Å²) in [5.41, 5.74) is 0.891. The minimum absolute atomic E-state index is 0.0161. The molecular formula is C32H39N2O7P. The summed E-state index contributed by atoms with van der Waals surface area (Å²) in [7, 11) is -1.43. The van der Waals surface area contributed by atoms with E-state index in [9.17, 15) is 18.9 Å². The van der Waals surface area contributed by atoms with Crippen molar-refractivity contribution in [2.75, 3.05) is 26.5 Å². The fourth-order valence-corrected chi connectivity index (χ4v) is 6.09. The van der Waals surface area contributed by atoms with E-state index in [2.05, 4.69) is 15.4 Å². The zero-order chi connectivity index (χ0) is 29.7. The van der Waals surface area contributed by atoms with Crippen LogP contribution in [-0.4, -0.2) is 56.4 Å². The Morgan fingerprint density at radius 1 is 0.905 bits per heavy atom. The molecule has 9 nitrogen and oxygen atoms in total. The molecule has 4 rings (SSSR count). The molecule has 1 aliphatic rings. The van der Waals surface area contributed by atoms with E-state index in [1.54, 1.807) is 0 Å². The Kier molecular flexibility index (Phi) is 12.0. The monoisotopic (exact) mass is 594 g/mol. The van der Waals surface area contributed by atoms with Crippen molar-refractivity contribution in [1.29, 1.82) is 0 Å². The maximum Gasteiger partial charge on any atom is 0.315 e. The summed E-state index contributed by atoms with van der Waals surface area (Å²) >= 11 is 0. The standard InChI is InChI=1S/C32H39N2O7P/c1-39-31(36)22-42(38)41-20-29(25-13-6-3-7-14-25)34-32(37)28(18-23-10-4-2-5-11-23)33-30(35)21-40-27-17-16-24-12-8-9-15-26(24)19-27/h2,4-5,8-12,15-17,19,25,28-29,42H,3,6-7,13-14,18,20-22H2,1H3,(H,33,35)(H,34,37)/t28-,29?/m0/s1. The van der Waals surface area contributed by atoms with Crippen LogP contribution in [0.3, 0.4) is 0 Å². The van der Waals surface area contributed by atoms with Crippen molar-refractivity contribution in [2.45, 2.75) is 50.6 Å². The quantitative estimate of drug-likeness (QED) is 0.206. The van der Waals surface area contributed by atoms with Crippen molar-refractivity contribution < 1.29 is 32.9 Å². The first-order chi connectivity index (χ1) is 20.4. The van der Waals surface area contributed by atoms with Crippen LogP contribution in [0.2, 0.25) is 0 Å². The minimum Gasteiger partial charge on any atom is -0.484 e. The number of hydrogen-bond donors (Lipinski definition) is 2. The summed E-state index contributed by atoms with van der Waals surface area (Å²) in [6.07, 6.45) is 4.97. The van der Waals surface area contributed by atoms with Gasteiger partial charge in [0.2, 0.25) is 13.9 Å². The van der Waals surface area contributed by atoms with E-state index in [1.165, 1.54) is 7.11 Å². The van der Waals surface area contributed by atoms with Crippen molar-refractivity contribution in [3.63, 3.8) is 0 Å². The van der Waals surface area contributed by atoms with Gasteiger partial charge in [-0.1, -0.05) is 79.9 Å². The van der Waals surface area contributed by atoms with Gasteiger partial charge in [-0.25, -0.2) is 0 Å². The van der Waals surface area contributed by atoms with E-state index in [1.807, 2.05) is 72.8 Å². The van der Waals surface area contributed by atoms with Gasteiger partial charge < -0.3 is 24.6 Å². The predicted molar refractivity (Wildman–Crippen MR) is 162 cm³/mol. The van der Waals surface area contributed by atoms with Gasteiger partial charge in [-0.05, 0) is 47.2 Å². The number of benzene rings is 3. The third-order valence-corrected chi connectivity index (χ3v) is 8.58. The Bertz CT molecular complexity index is 1360. The second-order valence-corrected chi connectivity index (χ2v) is 11.9. The molecular weight excluding hydrogens is 555 g/mol. The van der Waals surface area contributed by atoms with Gasteiger partial charge in [0.1, 0.15) is 18.0 Å². The van der Waals surface area contributed by atoms with E-state index in [0.29, 0.717) is 5.75 Å². The van der Waals surface area contributed by atoms with Gasteiger partial charge in [0, 0.05) is 6.42 Å². The summed E-state index contributed by atoms with van der Waals surface area (Å²) < 4.78 is 28.2. The minimum atomic E-state index is -2.66. The highest BCUT2D eigenvalue weighted by atomic mass is 31.1. The smallest absolute Gasteiger partial charge is 0.315 e. The average Bonchev–Trinajstić information content (AvgIpc) is 3.02. The SMILES string of the molecule is COC(=O)C[PH](=O)OCC(NC(=O)[C@H](Cc1ccccc1)NC(=O)COc1ccc2ccccc2c1)C1CCCCC1. The lowest BCUT2D eigenvalue weighted by Crippen LogP contribution is -2.54. The molecule has 2 N–H and O–H groups in total. The summed E-state index contributed by atoms with van der Waals surface area (Å²) in [6, 6.07) is 21.7. The first-order valence-corrected chi connectivity index (χ1v) is 15.9. The lowest BCUT2D eigenvalue weighted by atomic mass is 9.84. The van der Waals surface area contributed by atoms with Crippen LogP contribution < -0.4 is 15.4 Å². The molecule has 0 saturated heterocycles. The van der Waals surface area contributed by atoms with Crippen molar-refractivity contribution in [1.82, 2.24) is 10.6 Å². The number of carbonyl (C=O) groups is 3. The molecule has 0 bridgehead atoms. The summed E-state index contributed by atoms with van der Waals surface area (Å²) in [4.78, 5) is 38.2. The topological polar surface area (TPSA) is 120 Å². The summed E-state index contributed by atoms with van der Waals surface area (Å²) in [5.74, 6) is -0.684. The largest absolute Gasteiger partial charge is 0.484 e. The number of amides is 2. The molecule has 3 atom stereocenters. The fraction of sp³-hybridized carbons (Fsp3) is 0.406. The van der Waals surface area contributed by atoms with Gasteiger partial charge in [-0.3, -0.25) is 18.9 Å². The molecule has 1 fully saturated rings. The second kappa shape index (κ2) is 16.1. The third kappa shape index (κ3) is 9.71. The number of fused-ring (bicyclic) bond motifs is 1. The van der Waals surface area contributed by atoms with Gasteiger partial charge in [0.15, 0.2) is 6.61 Å². The van der Waals surface area contributed by atoms with E-state index in [4.69, 9.17) is 9.26 Å². The van der Waals surface area contributed by atoms with Gasteiger partial charge in [0.25, 0.3) is 5.91 Å². The number of hydrogen-bond acceptors (Lipinski definition) is 7. The molecule has 0 aliphatic heterocycles. The highest BCUT2D eigenvalue weighted by molar-refractivity contribution is 7.40. The molecule has 0 aromatic heterocycles. The predicted octanol–water partition coefficient (Wildman–Crippen LogP) is 4.68. The lowest BCUT2D eigenvalue weighted by Gasteiger charge is -2.32. The average molecular weight is 595 g/mol. The molecule has 224 valence electrons. The molecule has 42 heavy (non-hydrogen) atoms. The van der Waals surface area contributed by atoms with E-state index in [0.717, 1.165) is 48.4 Å². The highest BCUT2D eigenvalue weighted by Crippen LogP contribution is 2.29. The first-order valence-electron chi connectivity index (χ1n) is 14.4. The van der Waals surface area contributed by atoms with Crippen LogP contribution in [0.15, 0.2) is 72.8 Å². The molecule has 3 aromatic carbocycles. The van der Waals surface area contributed by atoms with Crippen LogP contribution in [0.5, 0.6) is 5.75 Å². The molecule has 1 aliphatic carbocycles. The summed E-state index contributed by atoms with van der Waals surface area (Å²) in [6.45, 7) is -0.232. The van der Waals surface area contributed by atoms with Gasteiger partial charge in [0.05, 0.1) is 19.8 Å². The number of methoxy groups -OCH3 is 1. The highest BCUT2D eigenvalue weighted by Gasteiger charge is 2.30. The first kappa shape index (κ1) is 31.3. The Balaban J connectivity index is 1.42. The maximum atomic E-state index is 13.7. The zero-order valence-corrected chi connectivity index (χ0v) is 24.9. The maximum absolute atomic E-state index is 13.7. The number of nitrogens with one attached hydrogen (secondary N) is 2. The molecule has 0 spiro atoms. The Morgan fingerprint density at radius 2 is 1.62 bits per heavy atom. The molecule has 10 heteroatoms. The summed E-state index contributed by atoms with van der Waals surface area (Å²) in [5, 5.41) is 7.99. The van der Waals surface area contributed by atoms with Crippen molar-refractivity contribution in [3.8, 4) is 5.75 Å². The molecule has 3 aromatic rings. The van der Waals surface area contributed by atoms with Crippen molar-refractivity contribution in [2.24, 2.45) is 5.92 Å². The van der Waals surface area contributed by atoms with E-state index < -0.39 is 32.0 Å². The van der Waals surface area contributed by atoms with Crippen molar-refractivity contribution in [3.05, 3.63) is 78.4 Å². The third-order valence-electron chi connectivity index (χ3n) is 7.51. The Labute approximate surface area is 247 Å². The Hall–Kier alpha value is -3.68. The fourth-order valence-electron chi connectivity index (χ4n) is 5.24. The normalized spacial score (nSPS) is 15.7. The number of rotatable bonds is 14. The Morgan fingerprint density at radius 3 is 2.36 bits per heavy atom. The molecule has 2 unspecified atom stereocenters. The van der Waals surface area contributed by atoms with Crippen LogP contribution in [0.25, 0.3) is 10.8 Å². The number of carbonyl (C=O) groups excluding carboxylic acids is 3. The lowest BCUT2D eigenvalue weighted by molar-refractivity contribution is -0.137. The molecule has 2 amide bonds. The van der Waals surface area contributed by atoms with Crippen LogP contribution in [0, 0.1) is 5.92 Å². The molecule has 0 heterocycles. The van der Waals surface area contributed by atoms with Gasteiger partial charge >= 0.3 is 5.97 Å². The van der Waals surface area contributed by atoms with Crippen LogP contribution >= 0.6 is 8.03 Å². The van der Waals surface area contributed by atoms with Crippen molar-refractivity contribution >= 4 is 36.6 Å². The number of ether oxygens (including phenoxy) is 2. The van der Waals surface area contributed by atoms with Crippen LogP contribution in [0.1, 0.15) is 37.7 Å². The molecule has 1 saturated carbocycles. The van der Waals surface area contributed by atoms with E-state index >= 15 is 0 Å². The van der Waals surface area contributed by atoms with Gasteiger partial charge in [-0.2, -0.15) is 0 Å². The number of esters is 1. The van der Waals surface area contributed by atoms with E-state index in [-0.39, 0.29) is 37.6 Å². The zero-order valence-electron chi connectivity index (χ0n) is 23.9. The second-order valence-electron chi connectivity index (χ2n) is 10.6.